The van der Waals surface area contributed by atoms with Crippen LogP contribution in [0.3, 0.4) is 0 Å². The zero-order chi connectivity index (χ0) is 29.2. The first-order valence-electron chi connectivity index (χ1n) is 13.8. The van der Waals surface area contributed by atoms with E-state index in [1.54, 1.807) is 41.2 Å². The van der Waals surface area contributed by atoms with Crippen LogP contribution in [0.5, 0.6) is 0 Å². The van der Waals surface area contributed by atoms with Gasteiger partial charge in [0.1, 0.15) is 17.0 Å². The summed E-state index contributed by atoms with van der Waals surface area (Å²) >= 11 is 0. The average molecular weight is 557 g/mol. The van der Waals surface area contributed by atoms with Crippen molar-refractivity contribution in [1.29, 1.82) is 0 Å². The van der Waals surface area contributed by atoms with Crippen molar-refractivity contribution in [3.63, 3.8) is 0 Å². The van der Waals surface area contributed by atoms with Crippen LogP contribution in [-0.2, 0) is 13.1 Å². The lowest BCUT2D eigenvalue weighted by atomic mass is 10.1. The number of hydrogen-bond donors (Lipinski definition) is 5. The molecule has 0 saturated carbocycles. The third-order valence-corrected chi connectivity index (χ3v) is 6.72. The molecule has 0 aliphatic rings. The predicted molar refractivity (Wildman–Crippen MR) is 161 cm³/mol. The summed E-state index contributed by atoms with van der Waals surface area (Å²) in [5.41, 5.74) is 14.7. The molecule has 0 atom stereocenters. The van der Waals surface area contributed by atoms with Crippen LogP contribution < -0.4 is 32.8 Å². The van der Waals surface area contributed by atoms with Crippen molar-refractivity contribution < 1.29 is 9.59 Å². The van der Waals surface area contributed by atoms with E-state index in [0.717, 1.165) is 36.8 Å². The lowest BCUT2D eigenvalue weighted by Crippen LogP contribution is -2.32. The van der Waals surface area contributed by atoms with E-state index >= 15 is 0 Å². The highest BCUT2D eigenvalue weighted by Crippen LogP contribution is 2.24. The first-order chi connectivity index (χ1) is 19.9. The highest BCUT2D eigenvalue weighted by atomic mass is 16.2. The fraction of sp³-hybridized carbons (Fsp3) is 0.300. The van der Waals surface area contributed by atoms with Crippen LogP contribution in [0.25, 0.3) is 22.3 Å². The third-order valence-electron chi connectivity index (χ3n) is 6.72. The van der Waals surface area contributed by atoms with Gasteiger partial charge in [-0.3, -0.25) is 14.6 Å². The summed E-state index contributed by atoms with van der Waals surface area (Å²) in [5, 5.41) is 8.74. The van der Waals surface area contributed by atoms with Gasteiger partial charge in [-0.15, -0.1) is 0 Å². The van der Waals surface area contributed by atoms with Crippen LogP contribution in [-0.4, -0.2) is 39.6 Å². The maximum atomic E-state index is 13.3. The van der Waals surface area contributed by atoms with Crippen LogP contribution in [0, 0.1) is 0 Å². The zero-order valence-corrected chi connectivity index (χ0v) is 23.2. The van der Waals surface area contributed by atoms with Gasteiger partial charge >= 0.3 is 6.03 Å². The highest BCUT2D eigenvalue weighted by molar-refractivity contribution is 6.01. The number of anilines is 2. The number of rotatable bonds is 12. The molecule has 3 aromatic heterocycles. The van der Waals surface area contributed by atoms with Crippen molar-refractivity contribution in [3.8, 4) is 11.3 Å². The lowest BCUT2D eigenvalue weighted by Gasteiger charge is -2.16. The van der Waals surface area contributed by atoms with Crippen molar-refractivity contribution in [2.45, 2.75) is 45.7 Å². The number of unbranched alkanes of at least 4 members (excludes halogenated alkanes) is 3. The number of carbonyl (C=O) groups is 2. The first kappa shape index (κ1) is 29.2. The summed E-state index contributed by atoms with van der Waals surface area (Å²) in [6.45, 7) is 3.78. The number of nitrogens with one attached hydrogen (secondary N) is 3. The molecule has 11 heteroatoms. The fourth-order valence-corrected chi connectivity index (χ4v) is 4.53. The molecule has 0 aliphatic heterocycles. The Balaban J connectivity index is 1.48. The molecule has 0 bridgehead atoms. The molecule has 4 rings (SSSR count). The highest BCUT2D eigenvalue weighted by Gasteiger charge is 2.21. The van der Waals surface area contributed by atoms with Crippen LogP contribution >= 0.6 is 0 Å². The second-order valence-corrected chi connectivity index (χ2v) is 9.61. The van der Waals surface area contributed by atoms with Gasteiger partial charge in [-0.1, -0.05) is 31.0 Å². The van der Waals surface area contributed by atoms with Crippen LogP contribution in [0.2, 0.25) is 0 Å². The smallest absolute Gasteiger partial charge is 0.319 e. The molecule has 3 amide bonds. The number of aromatic nitrogens is 3. The van der Waals surface area contributed by atoms with Gasteiger partial charge in [-0.2, -0.15) is 0 Å². The summed E-state index contributed by atoms with van der Waals surface area (Å²) in [6.07, 6.45) is 7.08. The number of nitrogens with two attached hydrogens (primary N) is 2. The minimum Gasteiger partial charge on any atom is -0.384 e. The Bertz CT molecular complexity index is 1550. The van der Waals surface area contributed by atoms with Crippen molar-refractivity contribution in [3.05, 3.63) is 82.3 Å². The molecule has 0 saturated heterocycles. The number of benzene rings is 1. The average Bonchev–Trinajstić information content (AvgIpc) is 2.99. The number of carbonyl (C=O) groups excluding carboxylic acids is 2. The maximum absolute atomic E-state index is 13.3. The summed E-state index contributed by atoms with van der Waals surface area (Å²) in [6, 6.07) is 14.0. The van der Waals surface area contributed by atoms with Crippen molar-refractivity contribution >= 4 is 34.5 Å². The first-order valence-corrected chi connectivity index (χ1v) is 13.8. The Hall–Kier alpha value is -4.77. The van der Waals surface area contributed by atoms with Crippen LogP contribution in [0.15, 0.2) is 65.7 Å². The number of hydrogen-bond acceptors (Lipinski definition) is 7. The normalized spacial score (nSPS) is 10.9. The standard InChI is InChI=1S/C30H36N8O3/c1-2-38-27(32)25(29(40)34-17-6-4-3-5-15-31)26(39)23-13-14-24(37-28(23)38)21-9-11-22(12-10-21)36-30(41)35-19-20-8-7-16-33-18-20/h7-14,16,18H,2-6,15,17,19,31-32H2,1H3,(H,34,40)(H2,35,36,41). The van der Waals surface area contributed by atoms with E-state index in [-0.39, 0.29) is 17.4 Å². The molecule has 0 unspecified atom stereocenters. The Morgan fingerprint density at radius 2 is 1.76 bits per heavy atom. The van der Waals surface area contributed by atoms with Gasteiger partial charge in [0, 0.05) is 43.3 Å². The van der Waals surface area contributed by atoms with Gasteiger partial charge < -0.3 is 32.0 Å². The summed E-state index contributed by atoms with van der Waals surface area (Å²) < 4.78 is 1.68. The van der Waals surface area contributed by atoms with E-state index in [2.05, 4.69) is 20.9 Å². The number of fused-ring (bicyclic) bond motifs is 1. The molecular weight excluding hydrogens is 520 g/mol. The molecule has 3 heterocycles. The minimum atomic E-state index is -0.480. The largest absolute Gasteiger partial charge is 0.384 e. The van der Waals surface area contributed by atoms with E-state index in [4.69, 9.17) is 16.5 Å². The summed E-state index contributed by atoms with van der Waals surface area (Å²) in [7, 11) is 0. The van der Waals surface area contributed by atoms with Gasteiger partial charge in [0.15, 0.2) is 0 Å². The second-order valence-electron chi connectivity index (χ2n) is 9.61. The van der Waals surface area contributed by atoms with Crippen LogP contribution in [0.1, 0.15) is 48.5 Å². The third kappa shape index (κ3) is 7.25. The number of pyridine rings is 3. The van der Waals surface area contributed by atoms with Crippen molar-refractivity contribution in [2.24, 2.45) is 5.73 Å². The SMILES string of the molecule is CCn1c(N)c(C(=O)NCCCCCCN)c(=O)c2ccc(-c3ccc(NC(=O)NCc4cccnc4)cc3)nc21. The van der Waals surface area contributed by atoms with Crippen molar-refractivity contribution in [1.82, 2.24) is 25.2 Å². The zero-order valence-electron chi connectivity index (χ0n) is 23.2. The van der Waals surface area contributed by atoms with Crippen molar-refractivity contribution in [2.75, 3.05) is 24.1 Å². The molecule has 0 fully saturated rings. The molecule has 41 heavy (non-hydrogen) atoms. The summed E-state index contributed by atoms with van der Waals surface area (Å²) in [4.78, 5) is 47.3. The lowest BCUT2D eigenvalue weighted by molar-refractivity contribution is 0.0952. The quantitative estimate of drug-likeness (QED) is 0.166. The van der Waals surface area contributed by atoms with Gasteiger partial charge in [0.2, 0.25) is 5.43 Å². The van der Waals surface area contributed by atoms with E-state index in [0.29, 0.717) is 48.6 Å². The monoisotopic (exact) mass is 556 g/mol. The van der Waals surface area contributed by atoms with Gasteiger partial charge in [0.05, 0.1) is 11.1 Å². The molecule has 7 N–H and O–H groups in total. The molecule has 11 nitrogen and oxygen atoms in total. The summed E-state index contributed by atoms with van der Waals surface area (Å²) in [5.74, 6) is -0.390. The number of nitrogen functional groups attached to an aromatic ring is 1. The molecular formula is C30H36N8O3. The maximum Gasteiger partial charge on any atom is 0.319 e. The Kier molecular flexibility index (Phi) is 10.0. The fourth-order valence-electron chi connectivity index (χ4n) is 4.53. The minimum absolute atomic E-state index is 0.0620. The molecule has 214 valence electrons. The number of amides is 3. The van der Waals surface area contributed by atoms with E-state index in [9.17, 15) is 14.4 Å². The van der Waals surface area contributed by atoms with Crippen LogP contribution in [0.4, 0.5) is 16.3 Å². The van der Waals surface area contributed by atoms with Gasteiger partial charge in [-0.05, 0) is 62.2 Å². The number of nitrogens with zero attached hydrogens (tertiary/aromatic N) is 3. The molecule has 0 spiro atoms. The van der Waals surface area contributed by atoms with E-state index in [1.165, 1.54) is 0 Å². The number of urea groups is 1. The number of aryl methyl sites for hydroxylation is 1. The molecule has 0 aliphatic carbocycles. The predicted octanol–water partition coefficient (Wildman–Crippen LogP) is 3.63. The topological polar surface area (TPSA) is 170 Å². The Labute approximate surface area is 238 Å². The van der Waals surface area contributed by atoms with E-state index < -0.39 is 11.3 Å². The molecule has 0 radical (unpaired) electrons. The molecule has 1 aromatic carbocycles. The van der Waals surface area contributed by atoms with Gasteiger partial charge in [0.25, 0.3) is 5.91 Å². The molecule has 4 aromatic rings. The Morgan fingerprint density at radius 1 is 0.976 bits per heavy atom. The second kappa shape index (κ2) is 14.0. The van der Waals surface area contributed by atoms with E-state index in [1.807, 2.05) is 31.2 Å². The Morgan fingerprint density at radius 3 is 2.46 bits per heavy atom. The van der Waals surface area contributed by atoms with Gasteiger partial charge in [-0.25, -0.2) is 9.78 Å².